The highest BCUT2D eigenvalue weighted by atomic mass is 16.5. The Morgan fingerprint density at radius 3 is 3.12 bits per heavy atom. The minimum absolute atomic E-state index is 0.255. The lowest BCUT2D eigenvalue weighted by Crippen LogP contribution is -2.42. The van der Waals surface area contributed by atoms with Gasteiger partial charge in [0.1, 0.15) is 6.61 Å². The first-order valence-corrected chi connectivity index (χ1v) is 5.90. The normalized spacial score (nSPS) is 26.3. The molecule has 1 aromatic heterocycles. The molecule has 0 aromatic carbocycles. The van der Waals surface area contributed by atoms with Crippen molar-refractivity contribution in [1.29, 1.82) is 0 Å². The molecule has 1 N–H and O–H groups in total. The molecule has 0 saturated carbocycles. The van der Waals surface area contributed by atoms with Crippen LogP contribution in [0, 0.1) is 5.92 Å². The van der Waals surface area contributed by atoms with Gasteiger partial charge in [0, 0.05) is 13.7 Å². The van der Waals surface area contributed by atoms with Gasteiger partial charge in [-0.3, -0.25) is 4.90 Å². The van der Waals surface area contributed by atoms with Crippen molar-refractivity contribution in [2.24, 2.45) is 5.92 Å². The predicted molar refractivity (Wildman–Crippen MR) is 60.1 cm³/mol. The molecule has 0 amide bonds. The Labute approximate surface area is 101 Å². The van der Waals surface area contributed by atoms with E-state index in [-0.39, 0.29) is 6.10 Å². The first-order chi connectivity index (χ1) is 8.19. The molecule has 0 aliphatic carbocycles. The molecule has 1 aliphatic rings. The third kappa shape index (κ3) is 3.24. The first kappa shape index (κ1) is 12.5. The Morgan fingerprint density at radius 2 is 2.41 bits per heavy atom. The molecule has 2 unspecified atom stereocenters. The van der Waals surface area contributed by atoms with E-state index in [0.717, 1.165) is 13.0 Å². The first-order valence-electron chi connectivity index (χ1n) is 5.90. The molecule has 6 heteroatoms. The minimum atomic E-state index is -0.255. The number of hydrogen-bond donors (Lipinski definition) is 1. The van der Waals surface area contributed by atoms with Crippen LogP contribution in [0.15, 0.2) is 4.52 Å². The number of hydrogen-bond acceptors (Lipinski definition) is 6. The molecule has 1 saturated heterocycles. The lowest BCUT2D eigenvalue weighted by molar-refractivity contribution is 0.0246. The number of aromatic nitrogens is 2. The summed E-state index contributed by atoms with van der Waals surface area (Å²) >= 11 is 0. The van der Waals surface area contributed by atoms with E-state index in [0.29, 0.717) is 37.3 Å². The SMILES string of the molecule is COCc1nc(CN2CCC(C)C(O)C2)no1. The monoisotopic (exact) mass is 241 g/mol. The van der Waals surface area contributed by atoms with Crippen molar-refractivity contribution in [2.45, 2.75) is 32.6 Å². The lowest BCUT2D eigenvalue weighted by atomic mass is 9.96. The second kappa shape index (κ2) is 5.57. The number of likely N-dealkylation sites (tertiary alicyclic amines) is 1. The smallest absolute Gasteiger partial charge is 0.252 e. The van der Waals surface area contributed by atoms with E-state index in [9.17, 15) is 5.11 Å². The fraction of sp³-hybridized carbons (Fsp3) is 0.818. The van der Waals surface area contributed by atoms with Gasteiger partial charge in [0.25, 0.3) is 5.89 Å². The molecule has 1 fully saturated rings. The quantitative estimate of drug-likeness (QED) is 0.823. The Balaban J connectivity index is 1.87. The molecule has 2 rings (SSSR count). The van der Waals surface area contributed by atoms with Crippen LogP contribution >= 0.6 is 0 Å². The van der Waals surface area contributed by atoms with Crippen molar-refractivity contribution in [2.75, 3.05) is 20.2 Å². The van der Waals surface area contributed by atoms with E-state index < -0.39 is 0 Å². The maximum absolute atomic E-state index is 9.79. The molecule has 17 heavy (non-hydrogen) atoms. The Hall–Kier alpha value is -0.980. The summed E-state index contributed by atoms with van der Waals surface area (Å²) in [6.07, 6.45) is 0.748. The third-order valence-corrected chi connectivity index (χ3v) is 3.15. The Morgan fingerprint density at radius 1 is 1.59 bits per heavy atom. The van der Waals surface area contributed by atoms with Gasteiger partial charge in [0.2, 0.25) is 0 Å². The van der Waals surface area contributed by atoms with Crippen LogP contribution in [0.5, 0.6) is 0 Å². The highest BCUT2D eigenvalue weighted by Crippen LogP contribution is 2.18. The zero-order chi connectivity index (χ0) is 12.3. The van der Waals surface area contributed by atoms with Crippen LogP contribution in [0.25, 0.3) is 0 Å². The molecular formula is C11H19N3O3. The van der Waals surface area contributed by atoms with Gasteiger partial charge >= 0.3 is 0 Å². The van der Waals surface area contributed by atoms with E-state index in [1.54, 1.807) is 7.11 Å². The average molecular weight is 241 g/mol. The molecule has 2 heterocycles. The van der Waals surface area contributed by atoms with Crippen LogP contribution < -0.4 is 0 Å². The lowest BCUT2D eigenvalue weighted by Gasteiger charge is -2.33. The molecular weight excluding hydrogens is 222 g/mol. The van der Waals surface area contributed by atoms with Crippen molar-refractivity contribution in [3.63, 3.8) is 0 Å². The number of aliphatic hydroxyl groups excluding tert-OH is 1. The standard InChI is InChI=1S/C11H19N3O3/c1-8-3-4-14(5-9(8)15)6-10-12-11(7-16-2)17-13-10/h8-9,15H,3-7H2,1-2H3. The van der Waals surface area contributed by atoms with Gasteiger partial charge in [-0.2, -0.15) is 4.98 Å². The number of ether oxygens (including phenoxy) is 1. The molecule has 1 aliphatic heterocycles. The molecule has 0 spiro atoms. The van der Waals surface area contributed by atoms with Crippen LogP contribution in [0.3, 0.4) is 0 Å². The van der Waals surface area contributed by atoms with E-state index in [4.69, 9.17) is 9.26 Å². The highest BCUT2D eigenvalue weighted by molar-refractivity contribution is 4.87. The Bertz CT molecular complexity index is 355. The second-order valence-corrected chi connectivity index (χ2v) is 4.61. The molecule has 0 radical (unpaired) electrons. The molecule has 1 aromatic rings. The van der Waals surface area contributed by atoms with Gasteiger partial charge < -0.3 is 14.4 Å². The summed E-state index contributed by atoms with van der Waals surface area (Å²) in [4.78, 5) is 6.36. The summed E-state index contributed by atoms with van der Waals surface area (Å²) in [5.74, 6) is 1.52. The summed E-state index contributed by atoms with van der Waals surface area (Å²) in [6, 6.07) is 0. The zero-order valence-electron chi connectivity index (χ0n) is 10.3. The topological polar surface area (TPSA) is 71.6 Å². The fourth-order valence-corrected chi connectivity index (χ4v) is 1.99. The average Bonchev–Trinajstić information content (AvgIpc) is 2.72. The van der Waals surface area contributed by atoms with Gasteiger partial charge in [-0.25, -0.2) is 0 Å². The van der Waals surface area contributed by atoms with Crippen molar-refractivity contribution in [3.8, 4) is 0 Å². The van der Waals surface area contributed by atoms with E-state index >= 15 is 0 Å². The van der Waals surface area contributed by atoms with Crippen molar-refractivity contribution in [1.82, 2.24) is 15.0 Å². The minimum Gasteiger partial charge on any atom is -0.392 e. The van der Waals surface area contributed by atoms with Crippen molar-refractivity contribution in [3.05, 3.63) is 11.7 Å². The van der Waals surface area contributed by atoms with Crippen LogP contribution in [0.4, 0.5) is 0 Å². The summed E-state index contributed by atoms with van der Waals surface area (Å²) in [5.41, 5.74) is 0. The number of nitrogens with zero attached hydrogens (tertiary/aromatic N) is 3. The van der Waals surface area contributed by atoms with Gasteiger partial charge in [-0.15, -0.1) is 0 Å². The summed E-state index contributed by atoms with van der Waals surface area (Å²) in [6.45, 7) is 4.68. The Kier molecular flexibility index (Phi) is 4.09. The van der Waals surface area contributed by atoms with E-state index in [2.05, 4.69) is 22.0 Å². The number of β-amino-alcohol motifs (C(OH)–C–C–N with tert-alkyl or cyclic N) is 1. The largest absolute Gasteiger partial charge is 0.392 e. The molecule has 6 nitrogen and oxygen atoms in total. The van der Waals surface area contributed by atoms with Crippen molar-refractivity contribution < 1.29 is 14.4 Å². The number of piperidine rings is 1. The molecule has 96 valence electrons. The molecule has 2 atom stereocenters. The molecule has 0 bridgehead atoms. The summed E-state index contributed by atoms with van der Waals surface area (Å²) < 4.78 is 9.93. The van der Waals surface area contributed by atoms with Crippen molar-refractivity contribution >= 4 is 0 Å². The fourth-order valence-electron chi connectivity index (χ4n) is 1.99. The number of rotatable bonds is 4. The maximum Gasteiger partial charge on any atom is 0.252 e. The van der Waals surface area contributed by atoms with Crippen LogP contribution in [-0.4, -0.2) is 46.5 Å². The maximum atomic E-state index is 9.79. The second-order valence-electron chi connectivity index (χ2n) is 4.61. The summed E-state index contributed by atoms with van der Waals surface area (Å²) in [5, 5.41) is 13.7. The van der Waals surface area contributed by atoms with E-state index in [1.165, 1.54) is 0 Å². The highest BCUT2D eigenvalue weighted by Gasteiger charge is 2.25. The number of methoxy groups -OCH3 is 1. The zero-order valence-corrected chi connectivity index (χ0v) is 10.3. The van der Waals surface area contributed by atoms with Gasteiger partial charge in [0.15, 0.2) is 5.82 Å². The third-order valence-electron chi connectivity index (χ3n) is 3.15. The van der Waals surface area contributed by atoms with Gasteiger partial charge in [-0.05, 0) is 18.9 Å². The van der Waals surface area contributed by atoms with Crippen LogP contribution in [0.2, 0.25) is 0 Å². The summed E-state index contributed by atoms with van der Waals surface area (Å²) in [7, 11) is 1.59. The van der Waals surface area contributed by atoms with Gasteiger partial charge in [-0.1, -0.05) is 12.1 Å². The van der Waals surface area contributed by atoms with Crippen LogP contribution in [-0.2, 0) is 17.9 Å². The van der Waals surface area contributed by atoms with E-state index in [1.807, 2.05) is 0 Å². The predicted octanol–water partition coefficient (Wildman–Crippen LogP) is 0.419. The number of aliphatic hydroxyl groups is 1. The van der Waals surface area contributed by atoms with Gasteiger partial charge in [0.05, 0.1) is 12.6 Å². The van der Waals surface area contributed by atoms with Crippen LogP contribution in [0.1, 0.15) is 25.1 Å².